The van der Waals surface area contributed by atoms with Crippen LogP contribution in [0, 0.1) is 0 Å². The molecule has 7 heteroatoms. The summed E-state index contributed by atoms with van der Waals surface area (Å²) in [6, 6.07) is 1.78. The van der Waals surface area contributed by atoms with Gasteiger partial charge in [-0.05, 0) is 26.8 Å². The normalized spacial score (nSPS) is 11.8. The van der Waals surface area contributed by atoms with E-state index in [1.807, 2.05) is 20.8 Å². The number of rotatable bonds is 2. The molecule has 0 aromatic carbocycles. The molecule has 0 aliphatic heterocycles. The Morgan fingerprint density at radius 3 is 2.81 bits per heavy atom. The first kappa shape index (κ1) is 13.3. The predicted octanol–water partition coefficient (Wildman–Crippen LogP) is 2.10. The van der Waals surface area contributed by atoms with Gasteiger partial charge < -0.3 is 9.72 Å². The molecule has 0 unspecified atom stereocenters. The molecule has 0 saturated heterocycles. The van der Waals surface area contributed by atoms with E-state index in [2.05, 4.69) is 19.9 Å². The first-order valence-corrected chi connectivity index (χ1v) is 6.51. The molecular formula is C14H15N5O2. The van der Waals surface area contributed by atoms with E-state index in [1.165, 1.54) is 0 Å². The van der Waals surface area contributed by atoms with Crippen molar-refractivity contribution < 1.29 is 9.53 Å². The van der Waals surface area contributed by atoms with E-state index in [4.69, 9.17) is 4.74 Å². The number of imidazole rings is 1. The second-order valence-corrected chi connectivity index (χ2v) is 5.58. The van der Waals surface area contributed by atoms with Crippen LogP contribution in [0.1, 0.15) is 31.3 Å². The Labute approximate surface area is 121 Å². The van der Waals surface area contributed by atoms with Crippen LogP contribution >= 0.6 is 0 Å². The van der Waals surface area contributed by atoms with Gasteiger partial charge in [0.25, 0.3) is 0 Å². The lowest BCUT2D eigenvalue weighted by Crippen LogP contribution is -2.25. The van der Waals surface area contributed by atoms with Crippen LogP contribution < -0.4 is 0 Å². The van der Waals surface area contributed by atoms with Crippen LogP contribution in [0.15, 0.2) is 31.0 Å². The number of hydrogen-bond acceptors (Lipinski definition) is 5. The highest BCUT2D eigenvalue weighted by molar-refractivity contribution is 6.00. The molecule has 0 amide bonds. The van der Waals surface area contributed by atoms with Crippen molar-refractivity contribution in [2.45, 2.75) is 26.4 Å². The van der Waals surface area contributed by atoms with Crippen molar-refractivity contribution in [2.75, 3.05) is 0 Å². The molecule has 3 heterocycles. The minimum absolute atomic E-state index is 0.212. The van der Waals surface area contributed by atoms with Gasteiger partial charge in [0.05, 0.1) is 11.0 Å². The Morgan fingerprint density at radius 2 is 2.14 bits per heavy atom. The molecule has 3 aromatic heterocycles. The highest BCUT2D eigenvalue weighted by Crippen LogP contribution is 2.19. The summed E-state index contributed by atoms with van der Waals surface area (Å²) < 4.78 is 7.04. The van der Waals surface area contributed by atoms with Crippen molar-refractivity contribution in [1.82, 2.24) is 24.5 Å². The summed E-state index contributed by atoms with van der Waals surface area (Å²) in [7, 11) is 0. The lowest BCUT2D eigenvalue weighted by atomic mass is 10.2. The molecule has 0 atom stereocenters. The number of aromatic nitrogens is 5. The van der Waals surface area contributed by atoms with Crippen LogP contribution in [0.25, 0.3) is 17.0 Å². The molecule has 0 aliphatic rings. The highest BCUT2D eigenvalue weighted by Gasteiger charge is 2.23. The van der Waals surface area contributed by atoms with E-state index in [9.17, 15) is 4.79 Å². The number of nitrogens with zero attached hydrogens (tertiary/aromatic N) is 4. The topological polar surface area (TPSA) is 85.7 Å². The molecule has 0 saturated carbocycles. The number of ether oxygens (including phenoxy) is 1. The fraction of sp³-hybridized carbons (Fsp3) is 0.286. The van der Waals surface area contributed by atoms with Gasteiger partial charge in [0.1, 0.15) is 11.9 Å². The molecule has 1 N–H and O–H groups in total. The molecule has 108 valence electrons. The summed E-state index contributed by atoms with van der Waals surface area (Å²) in [5.41, 5.74) is 0.835. The second-order valence-electron chi connectivity index (χ2n) is 5.58. The van der Waals surface area contributed by atoms with Crippen molar-refractivity contribution in [3.63, 3.8) is 0 Å². The number of fused-ring (bicyclic) bond motifs is 1. The van der Waals surface area contributed by atoms with Crippen molar-refractivity contribution in [3.8, 4) is 5.95 Å². The number of esters is 1. The Hall–Kier alpha value is -2.70. The zero-order valence-corrected chi connectivity index (χ0v) is 12.0. The second kappa shape index (κ2) is 4.69. The maximum absolute atomic E-state index is 12.3. The number of carbonyl (C=O) groups is 1. The third kappa shape index (κ3) is 2.62. The maximum Gasteiger partial charge on any atom is 0.359 e. The third-order valence-electron chi connectivity index (χ3n) is 2.72. The van der Waals surface area contributed by atoms with Crippen LogP contribution in [-0.4, -0.2) is 36.1 Å². The van der Waals surface area contributed by atoms with E-state index in [1.54, 1.807) is 35.6 Å². The zero-order valence-electron chi connectivity index (χ0n) is 12.0. The minimum atomic E-state index is -0.587. The van der Waals surface area contributed by atoms with Crippen LogP contribution in [0.2, 0.25) is 0 Å². The highest BCUT2D eigenvalue weighted by atomic mass is 16.6. The zero-order chi connectivity index (χ0) is 15.0. The van der Waals surface area contributed by atoms with Gasteiger partial charge in [-0.1, -0.05) is 0 Å². The molecule has 7 nitrogen and oxygen atoms in total. The van der Waals surface area contributed by atoms with E-state index >= 15 is 0 Å². The quantitative estimate of drug-likeness (QED) is 0.729. The molecule has 3 rings (SSSR count). The number of nitrogens with one attached hydrogen (secondary N) is 1. The fourth-order valence-corrected chi connectivity index (χ4v) is 1.90. The summed E-state index contributed by atoms with van der Waals surface area (Å²) in [5.74, 6) is -0.112. The molecule has 0 fully saturated rings. The van der Waals surface area contributed by atoms with Gasteiger partial charge in [0.15, 0.2) is 5.69 Å². The SMILES string of the molecule is CC(C)(C)OC(=O)c1nc(-n2ccnc2)nc2cc[nH]c12. The number of aromatic amines is 1. The third-order valence-corrected chi connectivity index (χ3v) is 2.72. The lowest BCUT2D eigenvalue weighted by Gasteiger charge is -2.19. The Morgan fingerprint density at radius 1 is 1.33 bits per heavy atom. The van der Waals surface area contributed by atoms with Gasteiger partial charge in [0.2, 0.25) is 5.95 Å². The van der Waals surface area contributed by atoms with Crippen LogP contribution in [0.3, 0.4) is 0 Å². The number of H-pyrrole nitrogens is 1. The average molecular weight is 285 g/mol. The average Bonchev–Trinajstić information content (AvgIpc) is 3.06. The molecule has 0 bridgehead atoms. The smallest absolute Gasteiger partial charge is 0.359 e. The number of hydrogen-bond donors (Lipinski definition) is 1. The van der Waals surface area contributed by atoms with Gasteiger partial charge in [-0.25, -0.2) is 19.7 Å². The van der Waals surface area contributed by atoms with Crippen molar-refractivity contribution in [2.24, 2.45) is 0 Å². The Bertz CT molecular complexity index is 783. The van der Waals surface area contributed by atoms with Gasteiger partial charge in [-0.3, -0.25) is 4.57 Å². The van der Waals surface area contributed by atoms with Gasteiger partial charge >= 0.3 is 5.97 Å². The summed E-state index contributed by atoms with van der Waals surface area (Å²) in [6.07, 6.45) is 6.63. The summed E-state index contributed by atoms with van der Waals surface area (Å²) >= 11 is 0. The number of carbonyl (C=O) groups excluding carboxylic acids is 1. The van der Waals surface area contributed by atoms with Gasteiger partial charge in [-0.15, -0.1) is 0 Å². The molecule has 21 heavy (non-hydrogen) atoms. The van der Waals surface area contributed by atoms with Crippen LogP contribution in [0.5, 0.6) is 0 Å². The minimum Gasteiger partial charge on any atom is -0.455 e. The molecule has 0 radical (unpaired) electrons. The molecular weight excluding hydrogens is 270 g/mol. The summed E-state index contributed by atoms with van der Waals surface area (Å²) in [4.78, 5) is 28.0. The molecule has 0 spiro atoms. The van der Waals surface area contributed by atoms with E-state index in [-0.39, 0.29) is 5.69 Å². The molecule has 0 aliphatic carbocycles. The lowest BCUT2D eigenvalue weighted by molar-refractivity contribution is 0.00649. The van der Waals surface area contributed by atoms with Crippen LogP contribution in [-0.2, 0) is 4.74 Å². The summed E-state index contributed by atoms with van der Waals surface area (Å²) in [5, 5.41) is 0. The van der Waals surface area contributed by atoms with E-state index in [0.717, 1.165) is 0 Å². The first-order chi connectivity index (χ1) is 9.94. The van der Waals surface area contributed by atoms with Crippen LogP contribution in [0.4, 0.5) is 0 Å². The van der Waals surface area contributed by atoms with E-state index < -0.39 is 11.6 Å². The molecule has 3 aromatic rings. The fourth-order valence-electron chi connectivity index (χ4n) is 1.90. The largest absolute Gasteiger partial charge is 0.455 e. The predicted molar refractivity (Wildman–Crippen MR) is 76.2 cm³/mol. The Kier molecular flexibility index (Phi) is 2.97. The standard InChI is InChI=1S/C14H15N5O2/c1-14(2,3)21-12(20)11-10-9(4-5-16-10)17-13(18-11)19-7-6-15-8-19/h4-8,16H,1-3H3. The van der Waals surface area contributed by atoms with Crippen molar-refractivity contribution in [1.29, 1.82) is 0 Å². The Balaban J connectivity index is 2.12. The van der Waals surface area contributed by atoms with E-state index in [0.29, 0.717) is 17.0 Å². The van der Waals surface area contributed by atoms with Crippen molar-refractivity contribution in [3.05, 3.63) is 36.7 Å². The first-order valence-electron chi connectivity index (χ1n) is 6.51. The maximum atomic E-state index is 12.3. The van der Waals surface area contributed by atoms with Gasteiger partial charge in [0, 0.05) is 18.6 Å². The summed E-state index contributed by atoms with van der Waals surface area (Å²) in [6.45, 7) is 5.44. The van der Waals surface area contributed by atoms with Crippen molar-refractivity contribution >= 4 is 17.0 Å². The monoisotopic (exact) mass is 285 g/mol. The van der Waals surface area contributed by atoms with Gasteiger partial charge in [-0.2, -0.15) is 0 Å².